The Kier molecular flexibility index (Phi) is 3.71. The van der Waals surface area contributed by atoms with Gasteiger partial charge in [-0.3, -0.25) is 0 Å². The smallest absolute Gasteiger partial charge is 0.130 e. The molecular formula is C17H16F2N2. The lowest BCUT2D eigenvalue weighted by Gasteiger charge is -2.05. The maximum Gasteiger partial charge on any atom is 0.130 e. The third-order valence-corrected chi connectivity index (χ3v) is 3.63. The van der Waals surface area contributed by atoms with Crippen molar-refractivity contribution in [2.75, 3.05) is 0 Å². The molecule has 3 aromatic rings. The lowest BCUT2D eigenvalue weighted by Crippen LogP contribution is -2.13. The first-order valence-electron chi connectivity index (χ1n) is 6.83. The Bertz CT molecular complexity index is 778. The largest absolute Gasteiger partial charge is 0.350 e. The van der Waals surface area contributed by atoms with Crippen molar-refractivity contribution in [3.63, 3.8) is 0 Å². The summed E-state index contributed by atoms with van der Waals surface area (Å²) in [5.41, 5.74) is 2.80. The van der Waals surface area contributed by atoms with Crippen LogP contribution in [-0.4, -0.2) is 4.57 Å². The van der Waals surface area contributed by atoms with Crippen molar-refractivity contribution in [3.05, 3.63) is 71.4 Å². The molecule has 1 aromatic heterocycles. The van der Waals surface area contributed by atoms with Gasteiger partial charge in [0, 0.05) is 48.9 Å². The molecule has 0 aliphatic rings. The van der Waals surface area contributed by atoms with Gasteiger partial charge in [-0.2, -0.15) is 0 Å². The highest BCUT2D eigenvalue weighted by Crippen LogP contribution is 2.20. The number of fused-ring (bicyclic) bond motifs is 1. The number of benzene rings is 2. The molecule has 4 heteroatoms. The average Bonchev–Trinajstić information content (AvgIpc) is 2.79. The zero-order chi connectivity index (χ0) is 14.8. The molecule has 0 aliphatic heterocycles. The first-order valence-corrected chi connectivity index (χ1v) is 6.83. The highest BCUT2D eigenvalue weighted by molar-refractivity contribution is 5.83. The molecule has 0 radical (unpaired) electrons. The number of halogens is 2. The van der Waals surface area contributed by atoms with Gasteiger partial charge >= 0.3 is 0 Å². The van der Waals surface area contributed by atoms with Crippen LogP contribution in [0.15, 0.2) is 48.7 Å². The summed E-state index contributed by atoms with van der Waals surface area (Å²) in [6.07, 6.45) is 2.07. The van der Waals surface area contributed by atoms with Crippen molar-refractivity contribution in [2.45, 2.75) is 13.1 Å². The van der Waals surface area contributed by atoms with Crippen LogP contribution >= 0.6 is 0 Å². The predicted molar refractivity (Wildman–Crippen MR) is 79.8 cm³/mol. The molecule has 2 nitrogen and oxygen atoms in total. The second-order valence-corrected chi connectivity index (χ2v) is 5.12. The lowest BCUT2D eigenvalue weighted by molar-refractivity contribution is 0.560. The van der Waals surface area contributed by atoms with Crippen LogP contribution < -0.4 is 5.32 Å². The van der Waals surface area contributed by atoms with E-state index >= 15 is 0 Å². The molecule has 0 aliphatic carbocycles. The topological polar surface area (TPSA) is 17.0 Å². The Balaban J connectivity index is 1.72. The standard InChI is InChI=1S/C17H16F2N2/c1-21-11-13(15-4-2-3-5-17(15)21)10-20-9-12-6-7-14(18)8-16(12)19/h2-8,11,20H,9-10H2,1H3. The maximum absolute atomic E-state index is 13.5. The molecule has 0 unspecified atom stereocenters. The minimum absolute atomic E-state index is 0.370. The van der Waals surface area contributed by atoms with E-state index in [1.807, 2.05) is 19.2 Å². The number of nitrogens with zero attached hydrogens (tertiary/aromatic N) is 1. The number of hydrogen-bond donors (Lipinski definition) is 1. The van der Waals surface area contributed by atoms with Gasteiger partial charge in [0.15, 0.2) is 0 Å². The van der Waals surface area contributed by atoms with E-state index in [4.69, 9.17) is 0 Å². The SMILES string of the molecule is Cn1cc(CNCc2ccc(F)cc2F)c2ccccc21. The highest BCUT2D eigenvalue weighted by Gasteiger charge is 2.07. The molecule has 0 saturated heterocycles. The van der Waals surface area contributed by atoms with Gasteiger partial charge in [0.2, 0.25) is 0 Å². The Hall–Kier alpha value is -2.20. The quantitative estimate of drug-likeness (QED) is 0.773. The first-order chi connectivity index (χ1) is 10.1. The average molecular weight is 286 g/mol. The van der Waals surface area contributed by atoms with Gasteiger partial charge in [0.25, 0.3) is 0 Å². The molecule has 2 aromatic carbocycles. The fraction of sp³-hybridized carbons (Fsp3) is 0.176. The molecule has 108 valence electrons. The molecule has 1 heterocycles. The normalized spacial score (nSPS) is 11.2. The van der Waals surface area contributed by atoms with Crippen LogP contribution in [0.3, 0.4) is 0 Å². The molecule has 0 atom stereocenters. The molecule has 3 rings (SSSR count). The van der Waals surface area contributed by atoms with Crippen LogP contribution in [-0.2, 0) is 20.1 Å². The third kappa shape index (κ3) is 2.81. The zero-order valence-electron chi connectivity index (χ0n) is 11.7. The minimum atomic E-state index is -0.551. The van der Waals surface area contributed by atoms with Gasteiger partial charge in [-0.15, -0.1) is 0 Å². The number of aromatic nitrogens is 1. The second-order valence-electron chi connectivity index (χ2n) is 5.12. The van der Waals surface area contributed by atoms with Gasteiger partial charge in [-0.25, -0.2) is 8.78 Å². The molecule has 1 N–H and O–H groups in total. The van der Waals surface area contributed by atoms with Crippen LogP contribution in [0.4, 0.5) is 8.78 Å². The van der Waals surface area contributed by atoms with Gasteiger partial charge in [0.1, 0.15) is 11.6 Å². The summed E-state index contributed by atoms with van der Waals surface area (Å²) in [4.78, 5) is 0. The number of nitrogens with one attached hydrogen (secondary N) is 1. The van der Waals surface area contributed by atoms with Gasteiger partial charge < -0.3 is 9.88 Å². The van der Waals surface area contributed by atoms with Crippen molar-refractivity contribution >= 4 is 10.9 Å². The fourth-order valence-corrected chi connectivity index (χ4v) is 2.56. The summed E-state index contributed by atoms with van der Waals surface area (Å²) in [7, 11) is 2.01. The predicted octanol–water partition coefficient (Wildman–Crippen LogP) is 3.75. The summed E-state index contributed by atoms with van der Waals surface area (Å²) in [5, 5.41) is 4.40. The molecule has 21 heavy (non-hydrogen) atoms. The van der Waals surface area contributed by atoms with E-state index in [0.29, 0.717) is 18.7 Å². The van der Waals surface area contributed by atoms with Gasteiger partial charge in [-0.05, 0) is 17.7 Å². The number of hydrogen-bond acceptors (Lipinski definition) is 1. The van der Waals surface area contributed by atoms with Crippen molar-refractivity contribution in [1.29, 1.82) is 0 Å². The fourth-order valence-electron chi connectivity index (χ4n) is 2.56. The van der Waals surface area contributed by atoms with E-state index in [0.717, 1.165) is 11.6 Å². The molecule has 0 amide bonds. The Morgan fingerprint density at radius 2 is 1.76 bits per heavy atom. The van der Waals surface area contributed by atoms with Crippen molar-refractivity contribution < 1.29 is 8.78 Å². The number of para-hydroxylation sites is 1. The third-order valence-electron chi connectivity index (χ3n) is 3.63. The number of rotatable bonds is 4. The van der Waals surface area contributed by atoms with Crippen LogP contribution in [0, 0.1) is 11.6 Å². The highest BCUT2D eigenvalue weighted by atomic mass is 19.1. The lowest BCUT2D eigenvalue weighted by atomic mass is 10.1. The summed E-state index contributed by atoms with van der Waals surface area (Å²) < 4.78 is 28.5. The Morgan fingerprint density at radius 3 is 2.57 bits per heavy atom. The van der Waals surface area contributed by atoms with E-state index in [2.05, 4.69) is 28.2 Å². The van der Waals surface area contributed by atoms with Crippen molar-refractivity contribution in [3.8, 4) is 0 Å². The van der Waals surface area contributed by atoms with Crippen LogP contribution in [0.25, 0.3) is 10.9 Å². The van der Waals surface area contributed by atoms with E-state index in [9.17, 15) is 8.78 Å². The molecule has 0 fully saturated rings. The summed E-state index contributed by atoms with van der Waals surface area (Å²) in [5.74, 6) is -1.06. The van der Waals surface area contributed by atoms with Crippen LogP contribution in [0.2, 0.25) is 0 Å². The Morgan fingerprint density at radius 1 is 1.00 bits per heavy atom. The van der Waals surface area contributed by atoms with E-state index in [1.165, 1.54) is 23.0 Å². The van der Waals surface area contributed by atoms with Gasteiger partial charge in [-0.1, -0.05) is 24.3 Å². The van der Waals surface area contributed by atoms with Gasteiger partial charge in [0.05, 0.1) is 0 Å². The van der Waals surface area contributed by atoms with E-state index < -0.39 is 11.6 Å². The minimum Gasteiger partial charge on any atom is -0.350 e. The molecule has 0 saturated carbocycles. The molecule has 0 bridgehead atoms. The summed E-state index contributed by atoms with van der Waals surface area (Å²) in [6, 6.07) is 11.8. The Labute approximate surface area is 122 Å². The second kappa shape index (κ2) is 5.66. The first kappa shape index (κ1) is 13.8. The van der Waals surface area contributed by atoms with Crippen LogP contribution in [0.1, 0.15) is 11.1 Å². The maximum atomic E-state index is 13.5. The zero-order valence-corrected chi connectivity index (χ0v) is 11.7. The molecule has 0 spiro atoms. The summed E-state index contributed by atoms with van der Waals surface area (Å²) in [6.45, 7) is 1.01. The van der Waals surface area contributed by atoms with E-state index in [1.54, 1.807) is 0 Å². The summed E-state index contributed by atoms with van der Waals surface area (Å²) >= 11 is 0. The van der Waals surface area contributed by atoms with Crippen molar-refractivity contribution in [1.82, 2.24) is 9.88 Å². The monoisotopic (exact) mass is 286 g/mol. The van der Waals surface area contributed by atoms with Crippen LogP contribution in [0.5, 0.6) is 0 Å². The van der Waals surface area contributed by atoms with Crippen molar-refractivity contribution in [2.24, 2.45) is 7.05 Å². The molecular weight excluding hydrogens is 270 g/mol. The van der Waals surface area contributed by atoms with E-state index in [-0.39, 0.29) is 0 Å². The number of aryl methyl sites for hydroxylation is 1.